The van der Waals surface area contributed by atoms with Crippen LogP contribution in [0, 0.1) is 10.1 Å². The smallest absolute Gasteiger partial charge is 0.314 e. The lowest BCUT2D eigenvalue weighted by Gasteiger charge is -2.08. The first-order valence-corrected chi connectivity index (χ1v) is 4.05. The van der Waals surface area contributed by atoms with Crippen molar-refractivity contribution >= 4 is 5.69 Å². The van der Waals surface area contributed by atoms with Crippen molar-refractivity contribution in [1.82, 2.24) is 0 Å². The number of aromatic hydroxyl groups is 2. The summed E-state index contributed by atoms with van der Waals surface area (Å²) in [4.78, 5) is 9.71. The molecule has 0 spiro atoms. The van der Waals surface area contributed by atoms with Crippen molar-refractivity contribution in [2.45, 2.75) is 6.04 Å². The molecule has 0 fully saturated rings. The van der Waals surface area contributed by atoms with Gasteiger partial charge in [-0.15, -0.1) is 6.58 Å². The molecule has 0 aliphatic rings. The van der Waals surface area contributed by atoms with E-state index in [1.807, 2.05) is 0 Å². The van der Waals surface area contributed by atoms with E-state index in [2.05, 4.69) is 6.58 Å². The summed E-state index contributed by atoms with van der Waals surface area (Å²) in [5, 5.41) is 28.9. The van der Waals surface area contributed by atoms with E-state index >= 15 is 0 Å². The van der Waals surface area contributed by atoms with Gasteiger partial charge in [-0.3, -0.25) is 10.1 Å². The molecule has 80 valence electrons. The van der Waals surface area contributed by atoms with Gasteiger partial charge in [0.05, 0.1) is 4.92 Å². The summed E-state index contributed by atoms with van der Waals surface area (Å²) in [6.45, 7) is 3.42. The summed E-state index contributed by atoms with van der Waals surface area (Å²) < 4.78 is 0. The van der Waals surface area contributed by atoms with Crippen molar-refractivity contribution in [1.29, 1.82) is 0 Å². The van der Waals surface area contributed by atoms with E-state index < -0.39 is 28.2 Å². The Morgan fingerprint density at radius 2 is 2.13 bits per heavy atom. The summed E-state index contributed by atoms with van der Waals surface area (Å²) in [7, 11) is 0. The van der Waals surface area contributed by atoms with Gasteiger partial charge in [-0.1, -0.05) is 6.08 Å². The molecular weight excluding hydrogens is 200 g/mol. The van der Waals surface area contributed by atoms with E-state index in [1.54, 1.807) is 0 Å². The molecule has 1 aromatic rings. The quantitative estimate of drug-likeness (QED) is 0.300. The first-order valence-electron chi connectivity index (χ1n) is 4.05. The second kappa shape index (κ2) is 3.97. The van der Waals surface area contributed by atoms with Crippen LogP contribution in [0.1, 0.15) is 11.6 Å². The molecule has 0 amide bonds. The fraction of sp³-hybridized carbons (Fsp3) is 0.111. The molecule has 6 heteroatoms. The third-order valence-corrected chi connectivity index (χ3v) is 1.93. The minimum atomic E-state index is -0.797. The molecule has 0 aromatic heterocycles. The molecule has 1 rings (SSSR count). The van der Waals surface area contributed by atoms with Crippen LogP contribution in [0.25, 0.3) is 0 Å². The Balaban J connectivity index is 3.35. The number of rotatable bonds is 3. The van der Waals surface area contributed by atoms with Crippen molar-refractivity contribution < 1.29 is 15.1 Å². The lowest BCUT2D eigenvalue weighted by atomic mass is 10.1. The highest BCUT2D eigenvalue weighted by Gasteiger charge is 2.20. The number of benzene rings is 1. The number of hydrogen-bond donors (Lipinski definition) is 3. The van der Waals surface area contributed by atoms with Gasteiger partial charge in [0, 0.05) is 12.1 Å². The Kier molecular flexibility index (Phi) is 2.91. The first-order chi connectivity index (χ1) is 6.97. The van der Waals surface area contributed by atoms with Gasteiger partial charge in [0.2, 0.25) is 5.75 Å². The molecule has 1 aromatic carbocycles. The highest BCUT2D eigenvalue weighted by molar-refractivity contribution is 5.57. The van der Waals surface area contributed by atoms with Crippen molar-refractivity contribution in [2.75, 3.05) is 0 Å². The zero-order valence-corrected chi connectivity index (χ0v) is 7.75. The maximum Gasteiger partial charge on any atom is 0.314 e. The van der Waals surface area contributed by atoms with Gasteiger partial charge in [0.15, 0.2) is 5.75 Å². The number of phenols is 2. The zero-order chi connectivity index (χ0) is 11.6. The Labute approximate surface area is 85.4 Å². The topological polar surface area (TPSA) is 110 Å². The zero-order valence-electron chi connectivity index (χ0n) is 7.75. The average Bonchev–Trinajstić information content (AvgIpc) is 2.20. The summed E-state index contributed by atoms with van der Waals surface area (Å²) in [5.74, 6) is -1.34. The largest absolute Gasteiger partial charge is 0.504 e. The molecule has 15 heavy (non-hydrogen) atoms. The summed E-state index contributed by atoms with van der Waals surface area (Å²) >= 11 is 0. The van der Waals surface area contributed by atoms with E-state index in [9.17, 15) is 20.3 Å². The van der Waals surface area contributed by atoms with Gasteiger partial charge in [-0.25, -0.2) is 0 Å². The fourth-order valence-corrected chi connectivity index (χ4v) is 1.09. The lowest BCUT2D eigenvalue weighted by molar-refractivity contribution is -0.386. The monoisotopic (exact) mass is 210 g/mol. The summed E-state index contributed by atoms with van der Waals surface area (Å²) in [6.07, 6.45) is 1.37. The second-order valence-corrected chi connectivity index (χ2v) is 2.93. The number of nitro groups is 1. The van der Waals surface area contributed by atoms with Gasteiger partial charge < -0.3 is 15.9 Å². The van der Waals surface area contributed by atoms with Crippen LogP contribution < -0.4 is 5.73 Å². The Hall–Kier alpha value is -2.08. The molecule has 4 N–H and O–H groups in total. The maximum atomic E-state index is 10.5. The molecule has 0 heterocycles. The highest BCUT2D eigenvalue weighted by Crippen LogP contribution is 2.37. The predicted octanol–water partition coefficient (Wildman–Crippen LogP) is 1.19. The second-order valence-electron chi connectivity index (χ2n) is 2.93. The standard InChI is InChI=1S/C9H10N2O4/c1-2-6(10)5-3-7(11(14)15)9(13)8(12)4-5/h2-4,6,12-13H,1,10H2/t6-/m0/s1. The third kappa shape index (κ3) is 2.05. The van der Waals surface area contributed by atoms with Crippen LogP contribution in [0.4, 0.5) is 5.69 Å². The number of nitrogens with zero attached hydrogens (tertiary/aromatic N) is 1. The molecular formula is C9H10N2O4. The average molecular weight is 210 g/mol. The molecule has 0 aliphatic heterocycles. The van der Waals surface area contributed by atoms with Gasteiger partial charge in [0.1, 0.15) is 0 Å². The van der Waals surface area contributed by atoms with Gasteiger partial charge >= 0.3 is 5.69 Å². The minimum absolute atomic E-state index is 0.312. The molecule has 0 saturated carbocycles. The van der Waals surface area contributed by atoms with E-state index in [0.717, 1.165) is 12.1 Å². The van der Waals surface area contributed by atoms with Crippen LogP contribution in [0.5, 0.6) is 11.5 Å². The first kappa shape index (κ1) is 11.0. The van der Waals surface area contributed by atoms with Gasteiger partial charge in [0.25, 0.3) is 0 Å². The Morgan fingerprint density at radius 1 is 1.53 bits per heavy atom. The molecule has 0 saturated heterocycles. The van der Waals surface area contributed by atoms with Crippen LogP contribution in [0.15, 0.2) is 24.8 Å². The molecule has 0 aliphatic carbocycles. The van der Waals surface area contributed by atoms with Crippen LogP contribution in [-0.4, -0.2) is 15.1 Å². The number of nitro benzene ring substituents is 1. The molecule has 0 radical (unpaired) electrons. The molecule has 1 atom stereocenters. The summed E-state index contributed by atoms with van der Waals surface area (Å²) in [6, 6.07) is 1.63. The molecule has 6 nitrogen and oxygen atoms in total. The normalized spacial score (nSPS) is 12.1. The van der Waals surface area contributed by atoms with Crippen molar-refractivity contribution in [3.05, 3.63) is 40.5 Å². The van der Waals surface area contributed by atoms with Gasteiger partial charge in [-0.05, 0) is 11.6 Å². The minimum Gasteiger partial charge on any atom is -0.504 e. The van der Waals surface area contributed by atoms with Crippen LogP contribution in [0.2, 0.25) is 0 Å². The number of hydrogen-bond acceptors (Lipinski definition) is 5. The van der Waals surface area contributed by atoms with E-state index in [-0.39, 0.29) is 0 Å². The Morgan fingerprint density at radius 3 is 2.60 bits per heavy atom. The van der Waals surface area contributed by atoms with Crippen molar-refractivity contribution in [3.8, 4) is 11.5 Å². The maximum absolute atomic E-state index is 10.5. The number of phenolic OH excluding ortho intramolecular Hbond substituents is 2. The van der Waals surface area contributed by atoms with Crippen molar-refractivity contribution in [2.24, 2.45) is 5.73 Å². The van der Waals surface area contributed by atoms with Gasteiger partial charge in [-0.2, -0.15) is 0 Å². The highest BCUT2D eigenvalue weighted by atomic mass is 16.6. The molecule has 0 bridgehead atoms. The van der Waals surface area contributed by atoms with E-state index in [0.29, 0.717) is 5.56 Å². The predicted molar refractivity (Wildman–Crippen MR) is 53.6 cm³/mol. The van der Waals surface area contributed by atoms with Crippen LogP contribution in [-0.2, 0) is 0 Å². The van der Waals surface area contributed by atoms with Crippen LogP contribution in [0.3, 0.4) is 0 Å². The van der Waals surface area contributed by atoms with Crippen LogP contribution >= 0.6 is 0 Å². The van der Waals surface area contributed by atoms with Crippen molar-refractivity contribution in [3.63, 3.8) is 0 Å². The Bertz CT molecular complexity index is 417. The fourth-order valence-electron chi connectivity index (χ4n) is 1.09. The number of nitrogens with two attached hydrogens (primary N) is 1. The molecule has 0 unspecified atom stereocenters. The third-order valence-electron chi connectivity index (χ3n) is 1.93. The lowest BCUT2D eigenvalue weighted by Crippen LogP contribution is -2.06. The van der Waals surface area contributed by atoms with E-state index in [4.69, 9.17) is 5.73 Å². The van der Waals surface area contributed by atoms with E-state index in [1.165, 1.54) is 6.08 Å². The SMILES string of the molecule is C=C[C@H](N)c1cc(O)c(O)c([N+](=O)[O-])c1. The summed E-state index contributed by atoms with van der Waals surface area (Å²) in [5.41, 5.74) is 5.28.